The van der Waals surface area contributed by atoms with Gasteiger partial charge in [0.1, 0.15) is 0 Å². The zero-order valence-electron chi connectivity index (χ0n) is 7.09. The summed E-state index contributed by atoms with van der Waals surface area (Å²) >= 11 is 0. The molecular weight excluding hydrogens is 136 g/mol. The van der Waals surface area contributed by atoms with Crippen LogP contribution in [0.1, 0.15) is 19.3 Å². The lowest BCUT2D eigenvalue weighted by Crippen LogP contribution is -2.42. The molecule has 2 heteroatoms. The van der Waals surface area contributed by atoms with Gasteiger partial charge in [0.2, 0.25) is 0 Å². The Morgan fingerprint density at radius 1 is 1.64 bits per heavy atom. The van der Waals surface area contributed by atoms with Gasteiger partial charge in [-0.3, -0.25) is 4.90 Å². The molecule has 0 saturated carbocycles. The quantitative estimate of drug-likeness (QED) is 0.519. The fourth-order valence-electron chi connectivity index (χ4n) is 2.55. The van der Waals surface area contributed by atoms with Crippen LogP contribution in [0.15, 0.2) is 12.2 Å². The molecule has 2 heterocycles. The highest BCUT2D eigenvalue weighted by atomic mass is 15.2. The predicted octanol–water partition coefficient (Wildman–Crippen LogP) is 0.736. The fourth-order valence-corrected chi connectivity index (χ4v) is 2.55. The smallest absolute Gasteiger partial charge is 0.0456 e. The van der Waals surface area contributed by atoms with Gasteiger partial charge in [0.15, 0.2) is 0 Å². The molecule has 2 rings (SSSR count). The summed E-state index contributed by atoms with van der Waals surface area (Å²) in [5, 5.41) is 0. The molecule has 2 bridgehead atoms. The lowest BCUT2D eigenvalue weighted by atomic mass is 9.98. The normalized spacial score (nSPS) is 44.9. The summed E-state index contributed by atoms with van der Waals surface area (Å²) in [5.74, 6) is 0. The van der Waals surface area contributed by atoms with E-state index in [-0.39, 0.29) is 0 Å². The Morgan fingerprint density at radius 3 is 3.00 bits per heavy atom. The van der Waals surface area contributed by atoms with Crippen LogP contribution in [0, 0.1) is 0 Å². The van der Waals surface area contributed by atoms with Crippen molar-refractivity contribution < 1.29 is 0 Å². The molecule has 0 aromatic carbocycles. The highest BCUT2D eigenvalue weighted by Gasteiger charge is 2.41. The van der Waals surface area contributed by atoms with Gasteiger partial charge in [-0.2, -0.15) is 0 Å². The van der Waals surface area contributed by atoms with E-state index >= 15 is 0 Å². The number of rotatable bonds is 0. The van der Waals surface area contributed by atoms with Crippen molar-refractivity contribution in [2.24, 2.45) is 5.73 Å². The second-order valence-corrected chi connectivity index (χ2v) is 3.86. The van der Waals surface area contributed by atoms with Gasteiger partial charge in [0.25, 0.3) is 0 Å². The number of nitrogens with two attached hydrogens (primary N) is 1. The van der Waals surface area contributed by atoms with Crippen molar-refractivity contribution in [3.63, 3.8) is 0 Å². The molecular formula is C9H16N2. The van der Waals surface area contributed by atoms with Crippen LogP contribution in [0.4, 0.5) is 0 Å². The molecule has 0 aliphatic carbocycles. The number of piperidine rings is 1. The van der Waals surface area contributed by atoms with Crippen molar-refractivity contribution in [1.82, 2.24) is 4.90 Å². The van der Waals surface area contributed by atoms with Gasteiger partial charge >= 0.3 is 0 Å². The van der Waals surface area contributed by atoms with Crippen molar-refractivity contribution in [2.45, 2.75) is 37.4 Å². The van der Waals surface area contributed by atoms with Crippen molar-refractivity contribution >= 4 is 0 Å². The van der Waals surface area contributed by atoms with E-state index in [0.29, 0.717) is 12.1 Å². The highest BCUT2D eigenvalue weighted by molar-refractivity contribution is 5.18. The van der Waals surface area contributed by atoms with Crippen LogP contribution >= 0.6 is 0 Å². The third-order valence-corrected chi connectivity index (χ3v) is 3.18. The maximum absolute atomic E-state index is 6.00. The van der Waals surface area contributed by atoms with Crippen LogP contribution in [0.25, 0.3) is 0 Å². The summed E-state index contributed by atoms with van der Waals surface area (Å²) in [7, 11) is 2.17. The Labute approximate surface area is 68.1 Å². The van der Waals surface area contributed by atoms with E-state index in [0.717, 1.165) is 6.04 Å². The summed E-state index contributed by atoms with van der Waals surface area (Å²) in [6.07, 6.45) is 3.62. The van der Waals surface area contributed by atoms with Crippen LogP contribution in [0.2, 0.25) is 0 Å². The minimum atomic E-state index is 0.347. The molecule has 0 unspecified atom stereocenters. The lowest BCUT2D eigenvalue weighted by Gasteiger charge is -2.33. The molecule has 0 aromatic rings. The Hall–Kier alpha value is -0.340. The first kappa shape index (κ1) is 7.32. The van der Waals surface area contributed by atoms with E-state index in [4.69, 9.17) is 5.73 Å². The first-order valence-electron chi connectivity index (χ1n) is 4.35. The third-order valence-electron chi connectivity index (χ3n) is 3.18. The molecule has 0 radical (unpaired) electrons. The largest absolute Gasteiger partial charge is 0.326 e. The van der Waals surface area contributed by atoms with Crippen molar-refractivity contribution in [3.05, 3.63) is 12.2 Å². The number of fused-ring (bicyclic) bond motifs is 2. The molecule has 3 atom stereocenters. The molecule has 2 aliphatic rings. The van der Waals surface area contributed by atoms with Crippen LogP contribution in [0.3, 0.4) is 0 Å². The van der Waals surface area contributed by atoms with E-state index < -0.39 is 0 Å². The second kappa shape index (κ2) is 2.32. The summed E-state index contributed by atoms with van der Waals surface area (Å²) in [6, 6.07) is 1.56. The topological polar surface area (TPSA) is 29.3 Å². The van der Waals surface area contributed by atoms with Crippen LogP contribution in [-0.4, -0.2) is 30.1 Å². The zero-order chi connectivity index (χ0) is 8.01. The SMILES string of the molecule is C=C1CC[C@@H]2C[C@H](N)[C@H]1N2C. The summed E-state index contributed by atoms with van der Waals surface area (Å²) in [4.78, 5) is 2.40. The lowest BCUT2D eigenvalue weighted by molar-refractivity contribution is 0.218. The standard InChI is InChI=1S/C9H16N2/c1-6-3-4-7-5-8(10)9(6)11(7)2/h7-9H,1,3-5,10H2,2H3/t7-,8+,9+/m1/s1. The van der Waals surface area contributed by atoms with Crippen molar-refractivity contribution in [2.75, 3.05) is 7.05 Å². The van der Waals surface area contributed by atoms with E-state index in [1.807, 2.05) is 0 Å². The Morgan fingerprint density at radius 2 is 2.36 bits per heavy atom. The van der Waals surface area contributed by atoms with Crippen molar-refractivity contribution in [3.8, 4) is 0 Å². The Kier molecular flexibility index (Phi) is 1.55. The van der Waals surface area contributed by atoms with Gasteiger partial charge in [0.05, 0.1) is 0 Å². The predicted molar refractivity (Wildman–Crippen MR) is 46.3 cm³/mol. The number of likely N-dealkylation sites (N-methyl/N-ethyl adjacent to an activating group) is 1. The molecule has 11 heavy (non-hydrogen) atoms. The number of nitrogens with zero attached hydrogens (tertiary/aromatic N) is 1. The minimum absolute atomic E-state index is 0.347. The first-order chi connectivity index (χ1) is 5.20. The van der Waals surface area contributed by atoms with E-state index in [2.05, 4.69) is 18.5 Å². The fraction of sp³-hybridized carbons (Fsp3) is 0.778. The van der Waals surface area contributed by atoms with E-state index in [9.17, 15) is 0 Å². The van der Waals surface area contributed by atoms with Gasteiger partial charge in [-0.25, -0.2) is 0 Å². The monoisotopic (exact) mass is 152 g/mol. The number of hydrogen-bond donors (Lipinski definition) is 1. The first-order valence-corrected chi connectivity index (χ1v) is 4.35. The van der Waals surface area contributed by atoms with Crippen molar-refractivity contribution in [1.29, 1.82) is 0 Å². The molecule has 2 saturated heterocycles. The van der Waals surface area contributed by atoms with Crippen LogP contribution < -0.4 is 5.73 Å². The number of hydrogen-bond acceptors (Lipinski definition) is 2. The van der Waals surface area contributed by atoms with Crippen LogP contribution in [0.5, 0.6) is 0 Å². The van der Waals surface area contributed by atoms with Gasteiger partial charge < -0.3 is 5.73 Å². The maximum atomic E-state index is 6.00. The summed E-state index contributed by atoms with van der Waals surface area (Å²) < 4.78 is 0. The molecule has 2 nitrogen and oxygen atoms in total. The molecule has 2 N–H and O–H groups in total. The average molecular weight is 152 g/mol. The maximum Gasteiger partial charge on any atom is 0.0456 e. The second-order valence-electron chi connectivity index (χ2n) is 3.86. The van der Waals surface area contributed by atoms with Gasteiger partial charge in [0, 0.05) is 18.1 Å². The molecule has 0 amide bonds. The van der Waals surface area contributed by atoms with E-state index in [1.54, 1.807) is 0 Å². The van der Waals surface area contributed by atoms with E-state index in [1.165, 1.54) is 24.8 Å². The minimum Gasteiger partial charge on any atom is -0.326 e. The molecule has 0 spiro atoms. The van der Waals surface area contributed by atoms with Crippen LogP contribution in [-0.2, 0) is 0 Å². The highest BCUT2D eigenvalue weighted by Crippen LogP contribution is 2.35. The van der Waals surface area contributed by atoms with Gasteiger partial charge in [-0.1, -0.05) is 12.2 Å². The molecule has 0 aromatic heterocycles. The molecule has 2 aliphatic heterocycles. The third kappa shape index (κ3) is 0.932. The molecule has 62 valence electrons. The summed E-state index contributed by atoms with van der Waals surface area (Å²) in [6.45, 7) is 4.07. The zero-order valence-corrected chi connectivity index (χ0v) is 7.09. The Balaban J connectivity index is 2.25. The molecule has 2 fully saturated rings. The van der Waals surface area contributed by atoms with Gasteiger partial charge in [-0.05, 0) is 26.3 Å². The average Bonchev–Trinajstić information content (AvgIpc) is 2.11. The summed E-state index contributed by atoms with van der Waals surface area (Å²) in [5.41, 5.74) is 7.34. The Bertz CT molecular complexity index is 188. The van der Waals surface area contributed by atoms with Gasteiger partial charge in [-0.15, -0.1) is 0 Å².